The van der Waals surface area contributed by atoms with E-state index >= 15 is 0 Å². The van der Waals surface area contributed by atoms with Gasteiger partial charge in [0.2, 0.25) is 0 Å². The average Bonchev–Trinajstić information content (AvgIpc) is 1.77. The summed E-state index contributed by atoms with van der Waals surface area (Å²) in [4.78, 5) is 10.2. The van der Waals surface area contributed by atoms with Gasteiger partial charge in [0, 0.05) is 5.16 Å². The first-order valence-electron chi connectivity index (χ1n) is 4.81. The lowest BCUT2D eigenvalue weighted by Gasteiger charge is -2.53. The topological polar surface area (TPSA) is 20.2 Å². The quantitative estimate of drug-likeness (QED) is 0.543. The third-order valence-electron chi connectivity index (χ3n) is 3.50. The van der Waals surface area contributed by atoms with E-state index in [1.165, 1.54) is 0 Å². The van der Waals surface area contributed by atoms with Gasteiger partial charge in [0.05, 0.1) is 0 Å². The van der Waals surface area contributed by atoms with Crippen LogP contribution in [0.25, 0.3) is 0 Å². The molecular weight excluding hydrogens is 231 g/mol. The van der Waals surface area contributed by atoms with Gasteiger partial charge < -0.3 is 4.89 Å². The molecule has 0 aliphatic heterocycles. The van der Waals surface area contributed by atoms with Crippen molar-refractivity contribution in [1.29, 1.82) is 0 Å². The molecule has 86 valence electrons. The van der Waals surface area contributed by atoms with Gasteiger partial charge in [0.25, 0.3) is 0 Å². The van der Waals surface area contributed by atoms with Gasteiger partial charge in [-0.3, -0.25) is 0 Å². The molecule has 1 atom stereocenters. The highest BCUT2D eigenvalue weighted by Gasteiger charge is 2.54. The van der Waals surface area contributed by atoms with E-state index in [1.54, 1.807) is 0 Å². The Morgan fingerprint density at radius 2 is 1.14 bits per heavy atom. The highest BCUT2D eigenvalue weighted by atomic mass is 32.9. The average molecular weight is 254 g/mol. The Labute approximate surface area is 98.9 Å². The zero-order valence-corrected chi connectivity index (χ0v) is 12.9. The third-order valence-corrected chi connectivity index (χ3v) is 8.31. The van der Waals surface area contributed by atoms with Crippen LogP contribution >= 0.6 is 17.7 Å². The first-order chi connectivity index (χ1) is 5.75. The molecule has 0 aliphatic rings. The van der Waals surface area contributed by atoms with Crippen molar-refractivity contribution in [2.24, 2.45) is 10.8 Å². The van der Waals surface area contributed by atoms with Crippen LogP contribution in [0.2, 0.25) is 0 Å². The lowest BCUT2D eigenvalue weighted by molar-refractivity contribution is 0.146. The molecule has 0 saturated carbocycles. The summed E-state index contributed by atoms with van der Waals surface area (Å²) in [5.41, 5.74) is -2.72. The van der Waals surface area contributed by atoms with Crippen molar-refractivity contribution >= 4 is 29.5 Å². The van der Waals surface area contributed by atoms with Crippen LogP contribution in [0.3, 0.4) is 0 Å². The van der Waals surface area contributed by atoms with Crippen LogP contribution in [0, 0.1) is 10.8 Å². The minimum Gasteiger partial charge on any atom is -0.357 e. The molecule has 0 aliphatic carbocycles. The summed E-state index contributed by atoms with van der Waals surface area (Å²) in [5.74, 6) is 0. The van der Waals surface area contributed by atoms with Gasteiger partial charge in [0.1, 0.15) is 5.47 Å². The first-order valence-corrected chi connectivity index (χ1v) is 8.71. The molecule has 0 rings (SSSR count). The predicted octanol–water partition coefficient (Wildman–Crippen LogP) is 4.07. The van der Waals surface area contributed by atoms with Crippen molar-refractivity contribution in [1.82, 2.24) is 0 Å². The minimum atomic E-state index is -2.60. The van der Waals surface area contributed by atoms with Crippen LogP contribution in [-0.2, 0) is 11.8 Å². The smallest absolute Gasteiger partial charge is 0.120 e. The number of rotatable bonds is 1. The molecule has 0 fully saturated rings. The van der Waals surface area contributed by atoms with Gasteiger partial charge in [-0.15, -0.1) is 12.2 Å². The second-order valence-corrected chi connectivity index (χ2v) is 12.2. The Bertz CT molecular complexity index is 240. The fraction of sp³-hybridized carbons (Fsp3) is 1.00. The fourth-order valence-electron chi connectivity index (χ4n) is 2.00. The largest absolute Gasteiger partial charge is 0.357 e. The second kappa shape index (κ2) is 3.76. The van der Waals surface area contributed by atoms with Crippen molar-refractivity contribution in [2.75, 3.05) is 0 Å². The normalized spacial score (nSPS) is 19.2. The van der Waals surface area contributed by atoms with Gasteiger partial charge in [-0.25, -0.2) is 0 Å². The Hall–Kier alpha value is 0.960. The molecule has 0 radical (unpaired) electrons. The van der Waals surface area contributed by atoms with Crippen molar-refractivity contribution < 1.29 is 4.89 Å². The molecule has 0 aromatic carbocycles. The van der Waals surface area contributed by atoms with Crippen molar-refractivity contribution in [3.63, 3.8) is 0 Å². The summed E-state index contributed by atoms with van der Waals surface area (Å²) >= 11 is 9.55. The van der Waals surface area contributed by atoms with E-state index < -0.39 is 5.47 Å². The molecule has 0 saturated heterocycles. The second-order valence-electron chi connectivity index (χ2n) is 6.12. The van der Waals surface area contributed by atoms with Gasteiger partial charge in [0.15, 0.2) is 0 Å². The van der Waals surface area contributed by atoms with Gasteiger partial charge >= 0.3 is 0 Å². The SMILES string of the molecule is CC(C)(C)C(C)(C(C)(C)C)P(O)(=S)S. The van der Waals surface area contributed by atoms with Crippen LogP contribution in [0.15, 0.2) is 0 Å². The van der Waals surface area contributed by atoms with E-state index in [1.807, 2.05) is 0 Å². The standard InChI is InChI=1S/C10H23OPS2/c1-8(2,3)10(7,9(4,5)6)12(11,13)14/h1-7H3,(H2,11,13,14). The molecule has 0 heterocycles. The molecule has 0 aromatic rings. The van der Waals surface area contributed by atoms with E-state index in [-0.39, 0.29) is 16.0 Å². The minimum absolute atomic E-state index is 0.0583. The lowest BCUT2D eigenvalue weighted by Crippen LogP contribution is -2.49. The zero-order chi connectivity index (χ0) is 12.0. The van der Waals surface area contributed by atoms with E-state index in [4.69, 9.17) is 11.8 Å². The maximum absolute atomic E-state index is 10.2. The predicted molar refractivity (Wildman–Crippen MR) is 72.8 cm³/mol. The lowest BCUT2D eigenvalue weighted by atomic mass is 9.67. The summed E-state index contributed by atoms with van der Waals surface area (Å²) in [6, 6.07) is 0. The van der Waals surface area contributed by atoms with Crippen molar-refractivity contribution in [3.05, 3.63) is 0 Å². The third kappa shape index (κ3) is 2.37. The maximum Gasteiger partial charge on any atom is 0.120 e. The molecule has 0 amide bonds. The Kier molecular flexibility index (Phi) is 4.02. The Morgan fingerprint density at radius 1 is 0.929 bits per heavy atom. The highest BCUT2D eigenvalue weighted by Crippen LogP contribution is 2.71. The molecule has 14 heavy (non-hydrogen) atoms. The first kappa shape index (κ1) is 15.0. The Morgan fingerprint density at radius 3 is 1.14 bits per heavy atom. The van der Waals surface area contributed by atoms with E-state index in [0.717, 1.165) is 0 Å². The molecule has 1 nitrogen and oxygen atoms in total. The molecule has 1 N–H and O–H groups in total. The van der Waals surface area contributed by atoms with E-state index in [9.17, 15) is 4.89 Å². The maximum atomic E-state index is 10.2. The van der Waals surface area contributed by atoms with Crippen LogP contribution in [0.1, 0.15) is 48.5 Å². The molecule has 1 unspecified atom stereocenters. The summed E-state index contributed by atoms with van der Waals surface area (Å²) < 4.78 is 0. The number of hydrogen-bond acceptors (Lipinski definition) is 1. The van der Waals surface area contributed by atoms with E-state index in [2.05, 4.69) is 60.7 Å². The van der Waals surface area contributed by atoms with Gasteiger partial charge in [-0.1, -0.05) is 60.3 Å². The van der Waals surface area contributed by atoms with E-state index in [0.29, 0.717) is 0 Å². The molecule has 0 spiro atoms. The summed E-state index contributed by atoms with van der Waals surface area (Å²) in [6.07, 6.45) is 0. The summed E-state index contributed by atoms with van der Waals surface area (Å²) in [5, 5.41) is -0.342. The molecule has 0 bridgehead atoms. The number of thiol groups is 1. The van der Waals surface area contributed by atoms with Crippen LogP contribution in [0.4, 0.5) is 0 Å². The fourth-order valence-corrected chi connectivity index (χ4v) is 7.19. The monoisotopic (exact) mass is 254 g/mol. The summed E-state index contributed by atoms with van der Waals surface area (Å²) in [7, 11) is 0. The Balaban J connectivity index is 5.67. The van der Waals surface area contributed by atoms with Crippen molar-refractivity contribution in [2.45, 2.75) is 53.6 Å². The van der Waals surface area contributed by atoms with Crippen LogP contribution < -0.4 is 0 Å². The molecular formula is C10H23OPS2. The number of hydrogen-bond donors (Lipinski definition) is 2. The van der Waals surface area contributed by atoms with Crippen molar-refractivity contribution in [3.8, 4) is 0 Å². The molecule has 0 aromatic heterocycles. The highest BCUT2D eigenvalue weighted by molar-refractivity contribution is 8.61. The summed E-state index contributed by atoms with van der Waals surface area (Å²) in [6.45, 7) is 14.8. The van der Waals surface area contributed by atoms with Crippen LogP contribution in [-0.4, -0.2) is 10.0 Å². The van der Waals surface area contributed by atoms with Gasteiger partial charge in [-0.2, -0.15) is 0 Å². The zero-order valence-electron chi connectivity index (χ0n) is 10.2. The van der Waals surface area contributed by atoms with Gasteiger partial charge in [-0.05, 0) is 10.8 Å². The molecule has 4 heteroatoms. The van der Waals surface area contributed by atoms with Crippen LogP contribution in [0.5, 0.6) is 0 Å².